The Balaban J connectivity index is 1.66. The molecule has 1 N–H and O–H groups in total. The number of nitrogens with zero attached hydrogens (tertiary/aromatic N) is 2. The fraction of sp³-hybridized carbons (Fsp3) is 0.529. The second-order valence-electron chi connectivity index (χ2n) is 6.91. The second kappa shape index (κ2) is 5.63. The summed E-state index contributed by atoms with van der Waals surface area (Å²) < 4.78 is 5.44. The van der Waals surface area contributed by atoms with E-state index in [0.717, 1.165) is 31.4 Å². The molecule has 1 amide bonds. The van der Waals surface area contributed by atoms with Crippen LogP contribution in [0.25, 0.3) is 10.9 Å². The molecule has 3 rings (SSSR count). The smallest absolute Gasteiger partial charge is 0.410 e. The lowest BCUT2D eigenvalue weighted by Gasteiger charge is -2.33. The number of rotatable bonds is 1. The summed E-state index contributed by atoms with van der Waals surface area (Å²) >= 11 is 0. The number of carbonyl (C=O) groups excluding carboxylic acids is 1. The zero-order chi connectivity index (χ0) is 15.7. The maximum atomic E-state index is 12.1. The van der Waals surface area contributed by atoms with Gasteiger partial charge in [-0.25, -0.2) is 4.79 Å². The largest absolute Gasteiger partial charge is 0.444 e. The van der Waals surface area contributed by atoms with Gasteiger partial charge in [-0.05, 0) is 51.2 Å². The molecule has 5 nitrogen and oxygen atoms in total. The van der Waals surface area contributed by atoms with Gasteiger partial charge in [-0.1, -0.05) is 0 Å². The van der Waals surface area contributed by atoms with Gasteiger partial charge in [0.25, 0.3) is 0 Å². The van der Waals surface area contributed by atoms with E-state index in [1.54, 1.807) is 6.20 Å². The fourth-order valence-electron chi connectivity index (χ4n) is 3.02. The van der Waals surface area contributed by atoms with Gasteiger partial charge in [-0.3, -0.25) is 4.98 Å². The summed E-state index contributed by atoms with van der Waals surface area (Å²) in [5, 5.41) is 1.19. The van der Waals surface area contributed by atoms with E-state index in [2.05, 4.69) is 16.2 Å². The monoisotopic (exact) mass is 301 g/mol. The van der Waals surface area contributed by atoms with Crippen LogP contribution < -0.4 is 0 Å². The molecule has 0 unspecified atom stereocenters. The molecule has 0 radical (unpaired) electrons. The first kappa shape index (κ1) is 14.9. The van der Waals surface area contributed by atoms with Gasteiger partial charge in [0.1, 0.15) is 5.60 Å². The molecule has 1 aliphatic heterocycles. The molecule has 1 fully saturated rings. The van der Waals surface area contributed by atoms with Crippen molar-refractivity contribution >= 4 is 17.0 Å². The lowest BCUT2D eigenvalue weighted by molar-refractivity contribution is 0.0205. The molecule has 0 aliphatic carbocycles. The average Bonchev–Trinajstić information content (AvgIpc) is 2.89. The number of H-pyrrole nitrogens is 1. The molecule has 1 aliphatic rings. The molecule has 3 heterocycles. The molecule has 0 bridgehead atoms. The van der Waals surface area contributed by atoms with Crippen molar-refractivity contribution in [3.63, 3.8) is 0 Å². The summed E-state index contributed by atoms with van der Waals surface area (Å²) in [4.78, 5) is 21.4. The maximum absolute atomic E-state index is 12.1. The first-order chi connectivity index (χ1) is 10.4. The van der Waals surface area contributed by atoms with Gasteiger partial charge >= 0.3 is 6.09 Å². The third-order valence-electron chi connectivity index (χ3n) is 4.10. The van der Waals surface area contributed by atoms with Crippen molar-refractivity contribution in [3.05, 3.63) is 30.2 Å². The summed E-state index contributed by atoms with van der Waals surface area (Å²) in [7, 11) is 0. The highest BCUT2D eigenvalue weighted by atomic mass is 16.6. The highest BCUT2D eigenvalue weighted by Gasteiger charge is 2.28. The third kappa shape index (κ3) is 3.08. The van der Waals surface area contributed by atoms with Crippen LogP contribution in [0.1, 0.15) is 45.1 Å². The normalized spacial score (nSPS) is 17.0. The minimum atomic E-state index is -0.434. The molecule has 0 atom stereocenters. The van der Waals surface area contributed by atoms with E-state index < -0.39 is 5.60 Å². The van der Waals surface area contributed by atoms with Crippen LogP contribution in [-0.2, 0) is 4.74 Å². The fourth-order valence-corrected chi connectivity index (χ4v) is 3.02. The molecular formula is C17H23N3O2. The van der Waals surface area contributed by atoms with Crippen molar-refractivity contribution in [2.75, 3.05) is 13.1 Å². The Kier molecular flexibility index (Phi) is 3.81. The van der Waals surface area contributed by atoms with Gasteiger partial charge in [0.05, 0.1) is 0 Å². The highest BCUT2D eigenvalue weighted by molar-refractivity contribution is 5.82. The van der Waals surface area contributed by atoms with Crippen LogP contribution in [0, 0.1) is 0 Å². The number of likely N-dealkylation sites (tertiary alicyclic amines) is 1. The van der Waals surface area contributed by atoms with Crippen LogP contribution in [0.5, 0.6) is 0 Å². The van der Waals surface area contributed by atoms with E-state index in [4.69, 9.17) is 4.74 Å². The minimum absolute atomic E-state index is 0.202. The summed E-state index contributed by atoms with van der Waals surface area (Å²) in [6.45, 7) is 7.18. The van der Waals surface area contributed by atoms with E-state index in [9.17, 15) is 4.79 Å². The summed E-state index contributed by atoms with van der Waals surface area (Å²) in [5.74, 6) is 0.469. The molecular weight excluding hydrogens is 278 g/mol. The Morgan fingerprint density at radius 1 is 1.36 bits per heavy atom. The summed E-state index contributed by atoms with van der Waals surface area (Å²) in [6, 6.07) is 1.99. The second-order valence-corrected chi connectivity index (χ2v) is 6.91. The van der Waals surface area contributed by atoms with E-state index in [1.807, 2.05) is 37.9 Å². The number of aromatic nitrogens is 2. The standard InChI is InChI=1S/C17H23N3O2/c1-17(2,3)22-16(21)20-8-5-12(6-9-20)13-11-19-15-4-7-18-10-14(13)15/h4,7,10-12,19H,5-6,8-9H2,1-3H3. The molecule has 118 valence electrons. The first-order valence-electron chi connectivity index (χ1n) is 7.83. The number of aromatic amines is 1. The van der Waals surface area contributed by atoms with E-state index in [1.165, 1.54) is 10.9 Å². The van der Waals surface area contributed by atoms with Gasteiger partial charge in [0.2, 0.25) is 0 Å². The Bertz CT molecular complexity index is 664. The van der Waals surface area contributed by atoms with Crippen molar-refractivity contribution in [3.8, 4) is 0 Å². The number of piperidine rings is 1. The van der Waals surface area contributed by atoms with Crippen LogP contribution >= 0.6 is 0 Å². The molecule has 5 heteroatoms. The Morgan fingerprint density at radius 2 is 2.09 bits per heavy atom. The molecule has 2 aromatic heterocycles. The lowest BCUT2D eigenvalue weighted by Crippen LogP contribution is -2.41. The van der Waals surface area contributed by atoms with Crippen LogP contribution in [0.15, 0.2) is 24.7 Å². The number of hydrogen-bond donors (Lipinski definition) is 1. The van der Waals surface area contributed by atoms with Gasteiger partial charge < -0.3 is 14.6 Å². The van der Waals surface area contributed by atoms with Gasteiger partial charge in [0.15, 0.2) is 0 Å². The molecule has 2 aromatic rings. The minimum Gasteiger partial charge on any atom is -0.444 e. The highest BCUT2D eigenvalue weighted by Crippen LogP contribution is 2.33. The maximum Gasteiger partial charge on any atom is 0.410 e. The van der Waals surface area contributed by atoms with Crippen molar-refractivity contribution in [1.29, 1.82) is 0 Å². The number of carbonyl (C=O) groups is 1. The third-order valence-corrected chi connectivity index (χ3v) is 4.10. The summed E-state index contributed by atoms with van der Waals surface area (Å²) in [5.41, 5.74) is 2.00. The molecule has 0 spiro atoms. The molecule has 1 saturated heterocycles. The zero-order valence-corrected chi connectivity index (χ0v) is 13.4. The van der Waals surface area contributed by atoms with Crippen molar-refractivity contribution in [2.24, 2.45) is 0 Å². The summed E-state index contributed by atoms with van der Waals surface area (Å²) in [6.07, 6.45) is 7.52. The van der Waals surface area contributed by atoms with Crippen molar-refractivity contribution in [1.82, 2.24) is 14.9 Å². The number of ether oxygens (including phenoxy) is 1. The Labute approximate surface area is 130 Å². The number of amides is 1. The Morgan fingerprint density at radius 3 is 2.77 bits per heavy atom. The van der Waals surface area contributed by atoms with Crippen molar-refractivity contribution in [2.45, 2.75) is 45.1 Å². The SMILES string of the molecule is CC(C)(C)OC(=O)N1CCC(c2c[nH]c3ccncc23)CC1. The number of fused-ring (bicyclic) bond motifs is 1. The van der Waals surface area contributed by atoms with Crippen LogP contribution in [0.3, 0.4) is 0 Å². The number of hydrogen-bond acceptors (Lipinski definition) is 3. The number of pyridine rings is 1. The number of nitrogens with one attached hydrogen (secondary N) is 1. The van der Waals surface area contributed by atoms with Crippen molar-refractivity contribution < 1.29 is 9.53 Å². The topological polar surface area (TPSA) is 58.2 Å². The van der Waals surface area contributed by atoms with E-state index >= 15 is 0 Å². The lowest BCUT2D eigenvalue weighted by atomic mass is 9.90. The quantitative estimate of drug-likeness (QED) is 0.874. The average molecular weight is 301 g/mol. The van der Waals surface area contributed by atoms with E-state index in [-0.39, 0.29) is 6.09 Å². The zero-order valence-electron chi connectivity index (χ0n) is 13.4. The van der Waals surface area contributed by atoms with Crippen LogP contribution in [0.4, 0.5) is 4.79 Å². The Hall–Kier alpha value is -2.04. The van der Waals surface area contributed by atoms with Crippen LogP contribution in [0.2, 0.25) is 0 Å². The van der Waals surface area contributed by atoms with Gasteiger partial charge in [0, 0.05) is 42.6 Å². The molecule has 22 heavy (non-hydrogen) atoms. The predicted octanol–water partition coefficient (Wildman–Crippen LogP) is 3.68. The first-order valence-corrected chi connectivity index (χ1v) is 7.83. The molecule has 0 aromatic carbocycles. The van der Waals surface area contributed by atoms with E-state index in [0.29, 0.717) is 5.92 Å². The van der Waals surface area contributed by atoms with Crippen LogP contribution in [-0.4, -0.2) is 39.7 Å². The molecule has 0 saturated carbocycles. The predicted molar refractivity (Wildman–Crippen MR) is 85.9 cm³/mol. The van der Waals surface area contributed by atoms with Gasteiger partial charge in [-0.2, -0.15) is 0 Å². The van der Waals surface area contributed by atoms with Gasteiger partial charge in [-0.15, -0.1) is 0 Å².